The molecule has 5 rings (SSSR count). The number of benzene rings is 3. The summed E-state index contributed by atoms with van der Waals surface area (Å²) in [6.45, 7) is 0.784. The summed E-state index contributed by atoms with van der Waals surface area (Å²) in [6.07, 6.45) is 2.44. The van der Waals surface area contributed by atoms with Crippen molar-refractivity contribution in [1.29, 1.82) is 0 Å². The molecule has 0 aliphatic heterocycles. The van der Waals surface area contributed by atoms with E-state index in [2.05, 4.69) is 15.5 Å². The van der Waals surface area contributed by atoms with Crippen molar-refractivity contribution in [1.82, 2.24) is 20.1 Å². The zero-order valence-electron chi connectivity index (χ0n) is 19.9. The van der Waals surface area contributed by atoms with E-state index in [-0.39, 0.29) is 12.1 Å². The molecule has 186 valence electrons. The molecule has 5 aromatic rings. The highest BCUT2D eigenvalue weighted by molar-refractivity contribution is 6.31. The molecule has 0 aliphatic carbocycles. The molecule has 0 fully saturated rings. The number of nitrogens with one attached hydrogen (secondary N) is 2. The summed E-state index contributed by atoms with van der Waals surface area (Å²) in [6, 6.07) is 25.4. The third-order valence-corrected chi connectivity index (χ3v) is 6.53. The molecule has 37 heavy (non-hydrogen) atoms. The Balaban J connectivity index is 1.28. The van der Waals surface area contributed by atoms with E-state index in [1.54, 1.807) is 29.0 Å². The largest absolute Gasteiger partial charge is 0.480 e. The lowest BCUT2D eigenvalue weighted by atomic mass is 9.98. The molecule has 1 atom stereocenters. The first-order chi connectivity index (χ1) is 18.0. The quantitative estimate of drug-likeness (QED) is 0.260. The third kappa shape index (κ3) is 5.80. The number of halogens is 1. The number of nitrogens with zero attached hydrogens (tertiary/aromatic N) is 2. The third-order valence-electron chi connectivity index (χ3n) is 6.29. The summed E-state index contributed by atoms with van der Waals surface area (Å²) >= 11 is 6.12. The predicted molar refractivity (Wildman–Crippen MR) is 144 cm³/mol. The Kier molecular flexibility index (Phi) is 7.16. The van der Waals surface area contributed by atoms with Gasteiger partial charge >= 0.3 is 5.97 Å². The van der Waals surface area contributed by atoms with Crippen molar-refractivity contribution in [2.45, 2.75) is 25.6 Å². The molecule has 7 nitrogen and oxygen atoms in total. The molecule has 1 unspecified atom stereocenters. The standard InChI is InChI=1S/C29H25ClN4O3/c30-23-11-12-25-24(16-23)26(33-32-25)17-31-28(29(36)37)22-5-3-4-21(15-22)14-19-7-9-20(10-8-19)18-34-13-2-1-6-27(34)35/h1-13,15-16,28,31H,14,17-18H2,(H,32,33)(H,36,37). The van der Waals surface area contributed by atoms with Crippen molar-refractivity contribution >= 4 is 28.5 Å². The molecule has 0 aliphatic rings. The van der Waals surface area contributed by atoms with Crippen LogP contribution in [0.5, 0.6) is 0 Å². The fraction of sp³-hybridized carbons (Fsp3) is 0.138. The van der Waals surface area contributed by atoms with Gasteiger partial charge in [-0.25, -0.2) is 0 Å². The second-order valence-corrected chi connectivity index (χ2v) is 9.35. The molecule has 3 N–H and O–H groups in total. The molecule has 0 bridgehead atoms. The highest BCUT2D eigenvalue weighted by atomic mass is 35.5. The van der Waals surface area contributed by atoms with Crippen LogP contribution < -0.4 is 10.9 Å². The number of rotatable bonds is 9. The second-order valence-electron chi connectivity index (χ2n) is 8.92. The van der Waals surface area contributed by atoms with E-state index >= 15 is 0 Å². The number of aromatic amines is 1. The van der Waals surface area contributed by atoms with Gasteiger partial charge < -0.3 is 9.67 Å². The van der Waals surface area contributed by atoms with Crippen LogP contribution in [-0.2, 0) is 24.3 Å². The lowest BCUT2D eigenvalue weighted by Crippen LogP contribution is -2.28. The van der Waals surface area contributed by atoms with Crippen LogP contribution in [0, 0.1) is 0 Å². The average molecular weight is 513 g/mol. The fourth-order valence-electron chi connectivity index (χ4n) is 4.39. The molecular formula is C29H25ClN4O3. The van der Waals surface area contributed by atoms with E-state index in [0.29, 0.717) is 29.2 Å². The van der Waals surface area contributed by atoms with Gasteiger partial charge in [-0.15, -0.1) is 0 Å². The van der Waals surface area contributed by atoms with E-state index in [1.165, 1.54) is 0 Å². The Labute approximate surface area is 218 Å². The number of carboxylic acids is 1. The molecular weight excluding hydrogens is 488 g/mol. The van der Waals surface area contributed by atoms with E-state index in [0.717, 1.165) is 27.6 Å². The minimum absolute atomic E-state index is 0.0331. The molecule has 3 aromatic carbocycles. The van der Waals surface area contributed by atoms with Gasteiger partial charge in [0.1, 0.15) is 6.04 Å². The number of carboxylic acid groups (broad SMARTS) is 1. The van der Waals surface area contributed by atoms with Crippen LogP contribution in [0.4, 0.5) is 0 Å². The smallest absolute Gasteiger partial charge is 0.325 e. The van der Waals surface area contributed by atoms with Crippen molar-refractivity contribution in [2.24, 2.45) is 0 Å². The summed E-state index contributed by atoms with van der Waals surface area (Å²) in [5.41, 5.74) is 5.33. The first kappa shape index (κ1) is 24.5. The van der Waals surface area contributed by atoms with Crippen LogP contribution in [0.1, 0.15) is 34.0 Å². The van der Waals surface area contributed by atoms with Crippen molar-refractivity contribution in [2.75, 3.05) is 0 Å². The van der Waals surface area contributed by atoms with Crippen LogP contribution in [0.3, 0.4) is 0 Å². The number of pyridine rings is 1. The van der Waals surface area contributed by atoms with Crippen LogP contribution in [-0.4, -0.2) is 25.8 Å². The van der Waals surface area contributed by atoms with Gasteiger partial charge in [-0.05, 0) is 52.9 Å². The number of fused-ring (bicyclic) bond motifs is 1. The number of H-pyrrole nitrogens is 1. The Morgan fingerprint density at radius 2 is 1.78 bits per heavy atom. The van der Waals surface area contributed by atoms with Gasteiger partial charge in [-0.3, -0.25) is 20.0 Å². The predicted octanol–water partition coefficient (Wildman–Crippen LogP) is 4.93. The Morgan fingerprint density at radius 1 is 0.973 bits per heavy atom. The van der Waals surface area contributed by atoms with E-state index in [1.807, 2.05) is 66.7 Å². The molecule has 2 heterocycles. The fourth-order valence-corrected chi connectivity index (χ4v) is 4.56. The molecule has 8 heteroatoms. The van der Waals surface area contributed by atoms with Gasteiger partial charge in [-0.1, -0.05) is 66.2 Å². The normalized spacial score (nSPS) is 12.0. The molecule has 0 radical (unpaired) electrons. The summed E-state index contributed by atoms with van der Waals surface area (Å²) in [5, 5.41) is 21.8. The maximum absolute atomic E-state index is 12.1. The Bertz CT molecular complexity index is 1610. The van der Waals surface area contributed by atoms with Gasteiger partial charge in [0.15, 0.2) is 0 Å². The number of carbonyl (C=O) groups is 1. The molecule has 0 saturated carbocycles. The van der Waals surface area contributed by atoms with Gasteiger partial charge in [-0.2, -0.15) is 5.10 Å². The Morgan fingerprint density at radius 3 is 2.57 bits per heavy atom. The monoisotopic (exact) mass is 512 g/mol. The summed E-state index contributed by atoms with van der Waals surface area (Å²) in [7, 11) is 0. The number of aromatic nitrogens is 3. The lowest BCUT2D eigenvalue weighted by Gasteiger charge is -2.15. The maximum Gasteiger partial charge on any atom is 0.325 e. The van der Waals surface area contributed by atoms with E-state index < -0.39 is 12.0 Å². The first-order valence-electron chi connectivity index (χ1n) is 11.9. The van der Waals surface area contributed by atoms with Crippen LogP contribution in [0.25, 0.3) is 10.9 Å². The van der Waals surface area contributed by atoms with Crippen molar-refractivity contribution in [3.8, 4) is 0 Å². The lowest BCUT2D eigenvalue weighted by molar-refractivity contribution is -0.139. The molecule has 0 amide bonds. The highest BCUT2D eigenvalue weighted by Crippen LogP contribution is 2.23. The molecule has 2 aromatic heterocycles. The number of hydrogen-bond acceptors (Lipinski definition) is 4. The van der Waals surface area contributed by atoms with Crippen molar-refractivity contribution in [3.63, 3.8) is 0 Å². The van der Waals surface area contributed by atoms with Crippen LogP contribution in [0.2, 0.25) is 5.02 Å². The molecule has 0 saturated heterocycles. The molecule has 0 spiro atoms. The van der Waals surface area contributed by atoms with Crippen molar-refractivity contribution in [3.05, 3.63) is 134 Å². The summed E-state index contributed by atoms with van der Waals surface area (Å²) < 4.78 is 1.66. The highest BCUT2D eigenvalue weighted by Gasteiger charge is 2.20. The first-order valence-corrected chi connectivity index (χ1v) is 12.2. The van der Waals surface area contributed by atoms with E-state index in [9.17, 15) is 14.7 Å². The van der Waals surface area contributed by atoms with Gasteiger partial charge in [0, 0.05) is 29.2 Å². The number of hydrogen-bond donors (Lipinski definition) is 3. The van der Waals surface area contributed by atoms with Gasteiger partial charge in [0.2, 0.25) is 0 Å². The zero-order chi connectivity index (χ0) is 25.8. The van der Waals surface area contributed by atoms with Crippen molar-refractivity contribution < 1.29 is 9.90 Å². The van der Waals surface area contributed by atoms with Gasteiger partial charge in [0.25, 0.3) is 5.56 Å². The zero-order valence-corrected chi connectivity index (χ0v) is 20.7. The van der Waals surface area contributed by atoms with Crippen LogP contribution >= 0.6 is 11.6 Å². The van der Waals surface area contributed by atoms with Gasteiger partial charge in [0.05, 0.1) is 17.8 Å². The summed E-state index contributed by atoms with van der Waals surface area (Å²) in [4.78, 5) is 24.1. The maximum atomic E-state index is 12.1. The second kappa shape index (κ2) is 10.8. The van der Waals surface area contributed by atoms with Crippen LogP contribution in [0.15, 0.2) is 95.9 Å². The van der Waals surface area contributed by atoms with E-state index in [4.69, 9.17) is 11.6 Å². The average Bonchev–Trinajstić information content (AvgIpc) is 3.29. The topological polar surface area (TPSA) is 100 Å². The number of aliphatic carboxylic acids is 1. The minimum atomic E-state index is -0.962. The Hall–Kier alpha value is -4.20. The SMILES string of the molecule is O=C(O)C(NCc1n[nH]c2ccc(Cl)cc12)c1cccc(Cc2ccc(Cn3ccccc3=O)cc2)c1. The summed E-state index contributed by atoms with van der Waals surface area (Å²) in [5.74, 6) is -0.962. The minimum Gasteiger partial charge on any atom is -0.480 e.